The highest BCUT2D eigenvalue weighted by Crippen LogP contribution is 2.34. The number of hydrogen-bond donors (Lipinski definition) is 2. The van der Waals surface area contributed by atoms with Crippen LogP contribution in [0.2, 0.25) is 0 Å². The Morgan fingerprint density at radius 1 is 1.00 bits per heavy atom. The molecule has 4 rings (SSSR count). The van der Waals surface area contributed by atoms with Gasteiger partial charge in [0.15, 0.2) is 0 Å². The summed E-state index contributed by atoms with van der Waals surface area (Å²) in [6, 6.07) is 16.1. The van der Waals surface area contributed by atoms with E-state index in [9.17, 15) is 0 Å². The summed E-state index contributed by atoms with van der Waals surface area (Å²) in [5, 5.41) is 15.7. The molecular weight excluding hydrogens is 314 g/mol. The Morgan fingerprint density at radius 3 is 2.32 bits per heavy atom. The predicted molar refractivity (Wildman–Crippen MR) is 99.1 cm³/mol. The van der Waals surface area contributed by atoms with E-state index in [2.05, 4.69) is 34.2 Å². The number of H-pyrrole nitrogens is 1. The molecule has 0 saturated heterocycles. The van der Waals surface area contributed by atoms with E-state index in [0.717, 1.165) is 28.5 Å². The summed E-state index contributed by atoms with van der Waals surface area (Å²) >= 11 is 0. The first kappa shape index (κ1) is 15.3. The standard InChI is InChI=1S/C19H19N5O/c1-13-3-5-14(6-4-13)23-12-24(15-7-9-16(25-2)10-8-15)19-17(18(23)20)11-21-22-19/h3-11,20H,12H2,1-2H3,(H,21,22). The molecule has 0 spiro atoms. The Kier molecular flexibility index (Phi) is 3.65. The molecular formula is C19H19N5O. The predicted octanol–water partition coefficient (Wildman–Crippen LogP) is 3.67. The summed E-state index contributed by atoms with van der Waals surface area (Å²) in [6.45, 7) is 2.59. The minimum Gasteiger partial charge on any atom is -0.497 e. The van der Waals surface area contributed by atoms with E-state index in [0.29, 0.717) is 12.5 Å². The fourth-order valence-corrected chi connectivity index (χ4v) is 2.99. The van der Waals surface area contributed by atoms with Crippen LogP contribution in [0.1, 0.15) is 11.1 Å². The second kappa shape index (κ2) is 5.98. The number of fused-ring (bicyclic) bond motifs is 1. The Bertz CT molecular complexity index is 898. The minimum absolute atomic E-state index is 0.442. The number of benzene rings is 2. The van der Waals surface area contributed by atoms with Crippen molar-refractivity contribution in [2.24, 2.45) is 0 Å². The lowest BCUT2D eigenvalue weighted by molar-refractivity contribution is 0.415. The second-order valence-electron chi connectivity index (χ2n) is 6.01. The zero-order valence-electron chi connectivity index (χ0n) is 14.2. The maximum Gasteiger partial charge on any atom is 0.141 e. The molecule has 0 amide bonds. The van der Waals surface area contributed by atoms with Crippen molar-refractivity contribution in [2.45, 2.75) is 6.92 Å². The zero-order valence-corrected chi connectivity index (χ0v) is 14.2. The molecule has 1 aliphatic heterocycles. The summed E-state index contributed by atoms with van der Waals surface area (Å²) in [6.07, 6.45) is 1.70. The van der Waals surface area contributed by atoms with Crippen LogP contribution in [0.25, 0.3) is 0 Å². The third kappa shape index (κ3) is 2.61. The second-order valence-corrected chi connectivity index (χ2v) is 6.01. The summed E-state index contributed by atoms with van der Waals surface area (Å²) in [5.41, 5.74) is 3.97. The molecule has 2 aromatic carbocycles. The molecule has 6 heteroatoms. The maximum absolute atomic E-state index is 8.57. The summed E-state index contributed by atoms with van der Waals surface area (Å²) in [4.78, 5) is 4.08. The quantitative estimate of drug-likeness (QED) is 0.767. The largest absolute Gasteiger partial charge is 0.497 e. The molecule has 6 nitrogen and oxygen atoms in total. The molecule has 2 heterocycles. The number of amidine groups is 1. The van der Waals surface area contributed by atoms with Crippen LogP contribution >= 0.6 is 0 Å². The highest BCUT2D eigenvalue weighted by molar-refractivity contribution is 6.13. The number of ether oxygens (including phenoxy) is 1. The molecule has 126 valence electrons. The summed E-state index contributed by atoms with van der Waals surface area (Å²) in [7, 11) is 1.66. The number of methoxy groups -OCH3 is 1. The topological polar surface area (TPSA) is 68.2 Å². The molecule has 0 fully saturated rings. The number of hydrogen-bond acceptors (Lipinski definition) is 4. The lowest BCUT2D eigenvalue weighted by atomic mass is 10.1. The van der Waals surface area contributed by atoms with Crippen LogP contribution < -0.4 is 14.5 Å². The molecule has 0 bridgehead atoms. The van der Waals surface area contributed by atoms with Gasteiger partial charge in [0.2, 0.25) is 0 Å². The van der Waals surface area contributed by atoms with Crippen LogP contribution in [0.5, 0.6) is 5.75 Å². The molecule has 1 aromatic heterocycles. The van der Waals surface area contributed by atoms with E-state index in [-0.39, 0.29) is 0 Å². The average molecular weight is 333 g/mol. The van der Waals surface area contributed by atoms with Crippen molar-refractivity contribution in [1.82, 2.24) is 10.2 Å². The lowest BCUT2D eigenvalue weighted by Crippen LogP contribution is -2.44. The van der Waals surface area contributed by atoms with Crippen LogP contribution in [0.3, 0.4) is 0 Å². The molecule has 25 heavy (non-hydrogen) atoms. The molecule has 0 unspecified atom stereocenters. The van der Waals surface area contributed by atoms with Gasteiger partial charge in [-0.2, -0.15) is 5.10 Å². The van der Waals surface area contributed by atoms with Gasteiger partial charge in [0.1, 0.15) is 24.1 Å². The average Bonchev–Trinajstić information content (AvgIpc) is 3.14. The Labute approximate surface area is 146 Å². The molecule has 2 N–H and O–H groups in total. The van der Waals surface area contributed by atoms with Gasteiger partial charge in [-0.3, -0.25) is 10.5 Å². The number of aromatic nitrogens is 2. The van der Waals surface area contributed by atoms with E-state index >= 15 is 0 Å². The van der Waals surface area contributed by atoms with Gasteiger partial charge in [0.05, 0.1) is 18.9 Å². The third-order valence-corrected chi connectivity index (χ3v) is 4.43. The highest BCUT2D eigenvalue weighted by Gasteiger charge is 2.30. The summed E-state index contributed by atoms with van der Waals surface area (Å²) < 4.78 is 5.25. The molecule has 0 radical (unpaired) electrons. The van der Waals surface area contributed by atoms with Gasteiger partial charge < -0.3 is 14.5 Å². The van der Waals surface area contributed by atoms with Crippen molar-refractivity contribution in [2.75, 3.05) is 23.6 Å². The Balaban J connectivity index is 1.75. The van der Waals surface area contributed by atoms with E-state index in [4.69, 9.17) is 10.1 Å². The van der Waals surface area contributed by atoms with Gasteiger partial charge in [0, 0.05) is 11.4 Å². The fourth-order valence-electron chi connectivity index (χ4n) is 2.99. The van der Waals surface area contributed by atoms with Crippen LogP contribution in [0.4, 0.5) is 17.2 Å². The van der Waals surface area contributed by atoms with E-state index in [1.807, 2.05) is 41.3 Å². The van der Waals surface area contributed by atoms with Gasteiger partial charge in [-0.1, -0.05) is 17.7 Å². The van der Waals surface area contributed by atoms with Gasteiger partial charge >= 0.3 is 0 Å². The van der Waals surface area contributed by atoms with E-state index < -0.39 is 0 Å². The first-order valence-electron chi connectivity index (χ1n) is 8.05. The van der Waals surface area contributed by atoms with Crippen molar-refractivity contribution in [3.63, 3.8) is 0 Å². The van der Waals surface area contributed by atoms with Gasteiger partial charge in [0.25, 0.3) is 0 Å². The number of aryl methyl sites for hydroxylation is 1. The third-order valence-electron chi connectivity index (χ3n) is 4.43. The molecule has 0 atom stereocenters. The first-order valence-corrected chi connectivity index (χ1v) is 8.05. The van der Waals surface area contributed by atoms with Crippen molar-refractivity contribution >= 4 is 23.0 Å². The molecule has 0 saturated carbocycles. The van der Waals surface area contributed by atoms with E-state index in [1.165, 1.54) is 5.56 Å². The highest BCUT2D eigenvalue weighted by atomic mass is 16.5. The van der Waals surface area contributed by atoms with Crippen LogP contribution in [0.15, 0.2) is 54.7 Å². The Morgan fingerprint density at radius 2 is 1.64 bits per heavy atom. The van der Waals surface area contributed by atoms with Crippen LogP contribution in [-0.4, -0.2) is 29.8 Å². The number of rotatable bonds is 3. The SMILES string of the molecule is COc1ccc(N2CN(c3ccc(C)cc3)C(=N)c3cn[nH]c32)cc1. The minimum atomic E-state index is 0.442. The Hall–Kier alpha value is -3.28. The van der Waals surface area contributed by atoms with Crippen molar-refractivity contribution in [3.05, 3.63) is 65.9 Å². The molecule has 3 aromatic rings. The van der Waals surface area contributed by atoms with Crippen LogP contribution in [-0.2, 0) is 0 Å². The van der Waals surface area contributed by atoms with E-state index in [1.54, 1.807) is 13.3 Å². The van der Waals surface area contributed by atoms with Crippen molar-refractivity contribution in [1.29, 1.82) is 5.41 Å². The van der Waals surface area contributed by atoms with Crippen molar-refractivity contribution < 1.29 is 4.74 Å². The normalized spacial score (nSPS) is 13.8. The number of aromatic amines is 1. The van der Waals surface area contributed by atoms with Crippen molar-refractivity contribution in [3.8, 4) is 5.75 Å². The zero-order chi connectivity index (χ0) is 17.4. The smallest absolute Gasteiger partial charge is 0.141 e. The maximum atomic E-state index is 8.57. The van der Waals surface area contributed by atoms with Gasteiger partial charge in [-0.15, -0.1) is 0 Å². The first-order chi connectivity index (χ1) is 12.2. The van der Waals surface area contributed by atoms with Gasteiger partial charge in [-0.05, 0) is 43.3 Å². The molecule has 1 aliphatic rings. The van der Waals surface area contributed by atoms with Crippen LogP contribution in [0, 0.1) is 12.3 Å². The fraction of sp³-hybridized carbons (Fsp3) is 0.158. The summed E-state index contributed by atoms with van der Waals surface area (Å²) in [5.74, 6) is 2.09. The number of anilines is 3. The number of nitrogens with one attached hydrogen (secondary N) is 2. The lowest BCUT2D eigenvalue weighted by Gasteiger charge is -2.37. The molecule has 0 aliphatic carbocycles. The number of nitrogens with zero attached hydrogens (tertiary/aromatic N) is 3. The monoisotopic (exact) mass is 333 g/mol. The van der Waals surface area contributed by atoms with Gasteiger partial charge in [-0.25, -0.2) is 0 Å².